The van der Waals surface area contributed by atoms with Gasteiger partial charge in [-0.1, -0.05) is 24.3 Å². The molecule has 1 amide bonds. The number of hydrogen-bond donors (Lipinski definition) is 1. The summed E-state index contributed by atoms with van der Waals surface area (Å²) in [6.45, 7) is 0. The van der Waals surface area contributed by atoms with E-state index in [0.717, 1.165) is 23.1 Å². The van der Waals surface area contributed by atoms with Crippen LogP contribution in [0.5, 0.6) is 5.75 Å². The minimum atomic E-state index is -4.71. The Balaban J connectivity index is 1.95. The lowest BCUT2D eigenvalue weighted by Gasteiger charge is -2.26. The van der Waals surface area contributed by atoms with Gasteiger partial charge in [0.15, 0.2) is 0 Å². The lowest BCUT2D eigenvalue weighted by Crippen LogP contribution is -2.30. The fourth-order valence-electron chi connectivity index (χ4n) is 3.83. The van der Waals surface area contributed by atoms with Crippen LogP contribution in [0.2, 0.25) is 0 Å². The number of methoxy groups -OCH3 is 1. The van der Waals surface area contributed by atoms with Gasteiger partial charge in [-0.15, -0.1) is 0 Å². The van der Waals surface area contributed by atoms with Crippen LogP contribution in [-0.4, -0.2) is 23.9 Å². The first-order valence-corrected chi connectivity index (χ1v) is 10.0. The summed E-state index contributed by atoms with van der Waals surface area (Å²) >= 11 is 0. The Labute approximate surface area is 191 Å². The normalized spacial score (nSPS) is 17.8. The number of rotatable bonds is 4. The molecule has 1 aliphatic heterocycles. The van der Waals surface area contributed by atoms with E-state index in [1.54, 1.807) is 0 Å². The molecule has 0 bridgehead atoms. The Morgan fingerprint density at radius 3 is 2.26 bits per heavy atom. The monoisotopic (exact) mass is 471 g/mol. The van der Waals surface area contributed by atoms with Gasteiger partial charge in [-0.2, -0.15) is 13.2 Å². The average molecular weight is 471 g/mol. The molecule has 9 heteroatoms. The largest absolute Gasteiger partial charge is 0.507 e. The number of carbonyl (C=O) groups excluding carboxylic acids is 2. The molecule has 34 heavy (non-hydrogen) atoms. The SMILES string of the molecule is COc1ccc(/C(O)=C2\C(=O)C(=O)N(c3cccc(C(F)(F)F)c3)[C@@H]2c2ccccc2F)cc1. The Morgan fingerprint density at radius 1 is 0.971 bits per heavy atom. The molecule has 0 spiro atoms. The molecule has 174 valence electrons. The smallest absolute Gasteiger partial charge is 0.416 e. The molecule has 5 nitrogen and oxygen atoms in total. The highest BCUT2D eigenvalue weighted by Gasteiger charge is 2.48. The highest BCUT2D eigenvalue weighted by atomic mass is 19.4. The molecular weight excluding hydrogens is 454 g/mol. The van der Waals surface area contributed by atoms with Gasteiger partial charge in [0, 0.05) is 16.8 Å². The van der Waals surface area contributed by atoms with Crippen molar-refractivity contribution in [3.63, 3.8) is 0 Å². The lowest BCUT2D eigenvalue weighted by molar-refractivity contribution is -0.137. The van der Waals surface area contributed by atoms with Crippen LogP contribution < -0.4 is 9.64 Å². The maximum atomic E-state index is 14.8. The Morgan fingerprint density at radius 2 is 1.65 bits per heavy atom. The van der Waals surface area contributed by atoms with Crippen LogP contribution in [0.15, 0.2) is 78.4 Å². The average Bonchev–Trinajstić information content (AvgIpc) is 3.08. The highest BCUT2D eigenvalue weighted by Crippen LogP contribution is 2.44. The number of halogens is 4. The molecule has 1 saturated heterocycles. The molecule has 4 rings (SSSR count). The first-order valence-electron chi connectivity index (χ1n) is 10.0. The van der Waals surface area contributed by atoms with Crippen molar-refractivity contribution in [3.8, 4) is 5.75 Å². The molecule has 1 fully saturated rings. The number of nitrogens with zero attached hydrogens (tertiary/aromatic N) is 1. The Kier molecular flexibility index (Phi) is 5.87. The van der Waals surface area contributed by atoms with Crippen molar-refractivity contribution in [1.29, 1.82) is 0 Å². The molecule has 0 radical (unpaired) electrons. The highest BCUT2D eigenvalue weighted by molar-refractivity contribution is 6.51. The predicted molar refractivity (Wildman–Crippen MR) is 116 cm³/mol. The molecule has 1 atom stereocenters. The summed E-state index contributed by atoms with van der Waals surface area (Å²) in [4.78, 5) is 26.8. The number of hydrogen-bond acceptors (Lipinski definition) is 4. The van der Waals surface area contributed by atoms with Gasteiger partial charge in [-0.05, 0) is 48.5 Å². The van der Waals surface area contributed by atoms with Gasteiger partial charge in [0.2, 0.25) is 0 Å². The Hall–Kier alpha value is -4.14. The van der Waals surface area contributed by atoms with Crippen LogP contribution in [0.4, 0.5) is 23.2 Å². The maximum Gasteiger partial charge on any atom is 0.416 e. The molecule has 0 aliphatic carbocycles. The standard InChI is InChI=1S/C25H17F4NO4/c1-34-17-11-9-14(10-12-17)22(31)20-21(18-7-2-3-8-19(18)26)30(24(33)23(20)32)16-6-4-5-15(13-16)25(27,28)29/h2-13,21,31H,1H3/b22-20+/t21-/m1/s1. The third kappa shape index (κ3) is 4.00. The molecule has 0 saturated carbocycles. The van der Waals surface area contributed by atoms with E-state index in [4.69, 9.17) is 4.74 Å². The molecule has 3 aromatic carbocycles. The zero-order valence-corrected chi connectivity index (χ0v) is 17.6. The topological polar surface area (TPSA) is 66.8 Å². The summed E-state index contributed by atoms with van der Waals surface area (Å²) in [6.07, 6.45) is -4.71. The van der Waals surface area contributed by atoms with Crippen molar-refractivity contribution < 1.29 is 37.0 Å². The van der Waals surface area contributed by atoms with E-state index in [1.165, 1.54) is 55.6 Å². The zero-order valence-electron chi connectivity index (χ0n) is 17.6. The molecule has 0 aromatic heterocycles. The fraction of sp³-hybridized carbons (Fsp3) is 0.120. The summed E-state index contributed by atoms with van der Waals surface area (Å²) in [5.74, 6) is -3.27. The summed E-state index contributed by atoms with van der Waals surface area (Å²) in [7, 11) is 1.44. The second kappa shape index (κ2) is 8.66. The number of benzene rings is 3. The molecule has 1 aliphatic rings. The van der Waals surface area contributed by atoms with Gasteiger partial charge < -0.3 is 9.84 Å². The zero-order chi connectivity index (χ0) is 24.6. The summed E-state index contributed by atoms with van der Waals surface area (Å²) in [6, 6.07) is 13.4. The van der Waals surface area contributed by atoms with E-state index < -0.39 is 46.6 Å². The molecular formula is C25H17F4NO4. The summed E-state index contributed by atoms with van der Waals surface area (Å²) in [5, 5.41) is 11.0. The van der Waals surface area contributed by atoms with Gasteiger partial charge >= 0.3 is 6.18 Å². The van der Waals surface area contributed by atoms with E-state index in [2.05, 4.69) is 0 Å². The predicted octanol–water partition coefficient (Wildman–Crippen LogP) is 5.48. The van der Waals surface area contributed by atoms with E-state index in [0.29, 0.717) is 11.8 Å². The Bertz CT molecular complexity index is 1300. The quantitative estimate of drug-likeness (QED) is 0.237. The van der Waals surface area contributed by atoms with Gasteiger partial charge in [-0.3, -0.25) is 14.5 Å². The van der Waals surface area contributed by atoms with Crippen LogP contribution in [-0.2, 0) is 15.8 Å². The maximum absolute atomic E-state index is 14.8. The molecule has 1 heterocycles. The minimum Gasteiger partial charge on any atom is -0.507 e. The second-order valence-electron chi connectivity index (χ2n) is 7.47. The number of alkyl halides is 3. The number of carbonyl (C=O) groups is 2. The van der Waals surface area contributed by atoms with Crippen molar-refractivity contribution in [3.05, 3.63) is 101 Å². The van der Waals surface area contributed by atoms with E-state index in [1.807, 2.05) is 0 Å². The fourth-order valence-corrected chi connectivity index (χ4v) is 3.83. The molecule has 0 unspecified atom stereocenters. The molecule has 3 aromatic rings. The minimum absolute atomic E-state index is 0.143. The van der Waals surface area contributed by atoms with Crippen molar-refractivity contribution in [2.24, 2.45) is 0 Å². The van der Waals surface area contributed by atoms with E-state index in [9.17, 15) is 32.3 Å². The molecule has 1 N–H and O–H groups in total. The second-order valence-corrected chi connectivity index (χ2v) is 7.47. The van der Waals surface area contributed by atoms with Gasteiger partial charge in [0.05, 0.1) is 24.3 Å². The number of aliphatic hydroxyl groups excluding tert-OH is 1. The van der Waals surface area contributed by atoms with Crippen LogP contribution in [0.3, 0.4) is 0 Å². The van der Waals surface area contributed by atoms with Crippen LogP contribution in [0.25, 0.3) is 5.76 Å². The number of ether oxygens (including phenoxy) is 1. The van der Waals surface area contributed by atoms with E-state index >= 15 is 0 Å². The third-order valence-electron chi connectivity index (χ3n) is 5.46. The van der Waals surface area contributed by atoms with Crippen LogP contribution in [0.1, 0.15) is 22.7 Å². The summed E-state index contributed by atoms with van der Waals surface area (Å²) < 4.78 is 59.8. The first-order chi connectivity index (χ1) is 16.1. The van der Waals surface area contributed by atoms with Crippen molar-refractivity contribution >= 4 is 23.1 Å². The van der Waals surface area contributed by atoms with Crippen molar-refractivity contribution in [2.45, 2.75) is 12.2 Å². The van der Waals surface area contributed by atoms with Crippen LogP contribution >= 0.6 is 0 Å². The van der Waals surface area contributed by atoms with Gasteiger partial charge in [0.1, 0.15) is 17.3 Å². The number of Topliss-reactive ketones (excluding diaryl/α,β-unsaturated/α-hetero) is 1. The third-order valence-corrected chi connectivity index (χ3v) is 5.46. The summed E-state index contributed by atoms with van der Waals surface area (Å²) in [5.41, 5.74) is -1.77. The van der Waals surface area contributed by atoms with E-state index in [-0.39, 0.29) is 16.8 Å². The van der Waals surface area contributed by atoms with Gasteiger partial charge in [0.25, 0.3) is 11.7 Å². The first kappa shape index (κ1) is 23.0. The van der Waals surface area contributed by atoms with Crippen molar-refractivity contribution in [1.82, 2.24) is 0 Å². The number of amides is 1. The number of anilines is 1. The van der Waals surface area contributed by atoms with Crippen LogP contribution in [0, 0.1) is 5.82 Å². The lowest BCUT2D eigenvalue weighted by atomic mass is 9.94. The number of ketones is 1. The van der Waals surface area contributed by atoms with Gasteiger partial charge in [-0.25, -0.2) is 4.39 Å². The van der Waals surface area contributed by atoms with Crippen molar-refractivity contribution in [2.75, 3.05) is 12.0 Å². The number of aliphatic hydroxyl groups is 1.